The number of likely N-dealkylation sites (N-methyl/N-ethyl adjacent to an activating group) is 1. The molecule has 2 aromatic rings. The van der Waals surface area contributed by atoms with E-state index in [1.807, 2.05) is 6.07 Å². The highest BCUT2D eigenvalue weighted by molar-refractivity contribution is 5.15. The number of hydrogen-bond acceptors (Lipinski definition) is 3. The summed E-state index contributed by atoms with van der Waals surface area (Å²) < 4.78 is 0. The summed E-state index contributed by atoms with van der Waals surface area (Å²) in [5.74, 6) is 0. The average molecular weight is 353 g/mol. The molecule has 1 heterocycles. The van der Waals surface area contributed by atoms with E-state index in [2.05, 4.69) is 71.4 Å². The lowest BCUT2D eigenvalue weighted by Crippen LogP contribution is -2.41. The van der Waals surface area contributed by atoms with E-state index in [0.29, 0.717) is 6.04 Å². The number of aliphatic hydroxyl groups excluding tert-OH is 1. The third-order valence-corrected chi connectivity index (χ3v) is 5.37. The summed E-state index contributed by atoms with van der Waals surface area (Å²) in [6.45, 7) is 3.52. The first-order valence-electron chi connectivity index (χ1n) is 9.89. The van der Waals surface area contributed by atoms with Crippen LogP contribution in [0.4, 0.5) is 0 Å². The Bertz CT molecular complexity index is 631. The second-order valence-electron chi connectivity index (χ2n) is 7.65. The van der Waals surface area contributed by atoms with Gasteiger partial charge in [0.25, 0.3) is 0 Å². The molecule has 0 aromatic heterocycles. The molecule has 1 N–H and O–H groups in total. The number of rotatable bonds is 9. The lowest BCUT2D eigenvalue weighted by Gasteiger charge is -2.29. The smallest absolute Gasteiger partial charge is 0.0793 e. The van der Waals surface area contributed by atoms with E-state index in [1.165, 1.54) is 30.4 Å². The van der Waals surface area contributed by atoms with Crippen molar-refractivity contribution in [3.8, 4) is 0 Å². The molecule has 3 nitrogen and oxygen atoms in total. The van der Waals surface area contributed by atoms with Gasteiger partial charge in [0.05, 0.1) is 6.10 Å². The highest BCUT2D eigenvalue weighted by Gasteiger charge is 2.26. The van der Waals surface area contributed by atoms with Crippen molar-refractivity contribution < 1.29 is 5.11 Å². The van der Waals surface area contributed by atoms with Gasteiger partial charge in [-0.1, -0.05) is 60.7 Å². The zero-order valence-corrected chi connectivity index (χ0v) is 15.9. The summed E-state index contributed by atoms with van der Waals surface area (Å²) >= 11 is 0. The largest absolute Gasteiger partial charge is 0.390 e. The maximum Gasteiger partial charge on any atom is 0.0793 e. The fourth-order valence-electron chi connectivity index (χ4n) is 4.09. The van der Waals surface area contributed by atoms with Gasteiger partial charge in [-0.2, -0.15) is 0 Å². The molecule has 1 saturated heterocycles. The topological polar surface area (TPSA) is 26.7 Å². The van der Waals surface area contributed by atoms with E-state index >= 15 is 0 Å². The number of β-amino-alcohol motifs (C(OH)–C–C–N with tert-alkyl or cyclic N) is 1. The van der Waals surface area contributed by atoms with Gasteiger partial charge in [-0.05, 0) is 50.4 Å². The molecule has 1 aliphatic heterocycles. The SMILES string of the molecule is CN(Cc1ccccc1)CC(O)CN1CCCC1CCc1ccccc1. The van der Waals surface area contributed by atoms with Gasteiger partial charge in [0.15, 0.2) is 0 Å². The Morgan fingerprint density at radius 1 is 1.04 bits per heavy atom. The van der Waals surface area contributed by atoms with Crippen LogP contribution in [0.5, 0.6) is 0 Å². The normalized spacial score (nSPS) is 19.1. The molecule has 2 aromatic carbocycles. The van der Waals surface area contributed by atoms with Crippen LogP contribution in [-0.4, -0.2) is 53.7 Å². The molecule has 3 rings (SSSR count). The van der Waals surface area contributed by atoms with Crippen LogP contribution in [0.2, 0.25) is 0 Å². The van der Waals surface area contributed by atoms with Crippen LogP contribution in [0.1, 0.15) is 30.4 Å². The predicted octanol–water partition coefficient (Wildman–Crippen LogP) is 3.58. The Hall–Kier alpha value is -1.68. The average Bonchev–Trinajstić information content (AvgIpc) is 3.08. The van der Waals surface area contributed by atoms with Crippen molar-refractivity contribution in [2.24, 2.45) is 0 Å². The summed E-state index contributed by atoms with van der Waals surface area (Å²) in [6, 6.07) is 21.8. The third kappa shape index (κ3) is 5.94. The molecule has 0 spiro atoms. The molecule has 0 saturated carbocycles. The summed E-state index contributed by atoms with van der Waals surface area (Å²) in [4.78, 5) is 4.72. The fourth-order valence-corrected chi connectivity index (χ4v) is 4.09. The predicted molar refractivity (Wildman–Crippen MR) is 108 cm³/mol. The first kappa shape index (κ1) is 19.1. The first-order valence-corrected chi connectivity index (χ1v) is 9.89. The van der Waals surface area contributed by atoms with Crippen LogP contribution >= 0.6 is 0 Å². The second kappa shape index (κ2) is 9.86. The van der Waals surface area contributed by atoms with Gasteiger partial charge in [0, 0.05) is 25.7 Å². The van der Waals surface area contributed by atoms with Gasteiger partial charge in [-0.15, -0.1) is 0 Å². The third-order valence-electron chi connectivity index (χ3n) is 5.37. The monoisotopic (exact) mass is 352 g/mol. The van der Waals surface area contributed by atoms with Crippen molar-refractivity contribution in [1.82, 2.24) is 9.80 Å². The minimum absolute atomic E-state index is 0.291. The van der Waals surface area contributed by atoms with E-state index in [1.54, 1.807) is 0 Å². The Kier molecular flexibility index (Phi) is 7.24. The molecule has 0 aliphatic carbocycles. The van der Waals surface area contributed by atoms with Gasteiger partial charge in [0.2, 0.25) is 0 Å². The summed E-state index contributed by atoms with van der Waals surface area (Å²) in [7, 11) is 2.09. The Labute approximate surface area is 158 Å². The number of likely N-dealkylation sites (tertiary alicyclic amines) is 1. The molecule has 3 heteroatoms. The highest BCUT2D eigenvalue weighted by Crippen LogP contribution is 2.22. The van der Waals surface area contributed by atoms with Gasteiger partial charge in [-0.3, -0.25) is 9.80 Å². The number of hydrogen-bond donors (Lipinski definition) is 1. The minimum atomic E-state index is -0.291. The zero-order valence-electron chi connectivity index (χ0n) is 15.9. The molecule has 1 aliphatic rings. The van der Waals surface area contributed by atoms with Crippen molar-refractivity contribution in [3.05, 3.63) is 71.8 Å². The minimum Gasteiger partial charge on any atom is -0.390 e. The molecule has 0 amide bonds. The molecule has 2 atom stereocenters. The van der Waals surface area contributed by atoms with E-state index in [9.17, 15) is 5.11 Å². The molecule has 1 fully saturated rings. The Balaban J connectivity index is 1.43. The number of aryl methyl sites for hydroxylation is 1. The van der Waals surface area contributed by atoms with Gasteiger partial charge in [-0.25, -0.2) is 0 Å². The highest BCUT2D eigenvalue weighted by atomic mass is 16.3. The molecule has 2 unspecified atom stereocenters. The van der Waals surface area contributed by atoms with E-state index < -0.39 is 0 Å². The standard InChI is InChI=1S/C23H32N2O/c1-24(17-21-11-6-3-7-12-21)18-23(26)19-25-16-8-13-22(25)15-14-20-9-4-2-5-10-20/h2-7,9-12,22-23,26H,8,13-19H2,1H3. The summed E-state index contributed by atoms with van der Waals surface area (Å²) in [6.07, 6.45) is 4.55. The molecule has 0 radical (unpaired) electrons. The van der Waals surface area contributed by atoms with E-state index in [-0.39, 0.29) is 6.10 Å². The maximum absolute atomic E-state index is 10.6. The molecule has 0 bridgehead atoms. The van der Waals surface area contributed by atoms with Crippen LogP contribution in [0.15, 0.2) is 60.7 Å². The van der Waals surface area contributed by atoms with Crippen LogP contribution in [0, 0.1) is 0 Å². The van der Waals surface area contributed by atoms with Crippen LogP contribution in [-0.2, 0) is 13.0 Å². The first-order chi connectivity index (χ1) is 12.7. The van der Waals surface area contributed by atoms with Crippen LogP contribution < -0.4 is 0 Å². The maximum atomic E-state index is 10.6. The molecular weight excluding hydrogens is 320 g/mol. The van der Waals surface area contributed by atoms with Crippen molar-refractivity contribution in [1.29, 1.82) is 0 Å². The van der Waals surface area contributed by atoms with Gasteiger partial charge >= 0.3 is 0 Å². The fraction of sp³-hybridized carbons (Fsp3) is 0.478. The zero-order chi connectivity index (χ0) is 18.2. The molecular formula is C23H32N2O. The number of aliphatic hydroxyl groups is 1. The second-order valence-corrected chi connectivity index (χ2v) is 7.65. The Morgan fingerprint density at radius 3 is 2.38 bits per heavy atom. The quantitative estimate of drug-likeness (QED) is 0.747. The van der Waals surface area contributed by atoms with Crippen molar-refractivity contribution in [3.63, 3.8) is 0 Å². The van der Waals surface area contributed by atoms with Crippen molar-refractivity contribution >= 4 is 0 Å². The summed E-state index contributed by atoms with van der Waals surface area (Å²) in [5, 5.41) is 10.6. The van der Waals surface area contributed by atoms with E-state index in [0.717, 1.165) is 32.6 Å². The lowest BCUT2D eigenvalue weighted by atomic mass is 10.0. The Morgan fingerprint density at radius 2 is 1.69 bits per heavy atom. The number of nitrogens with zero attached hydrogens (tertiary/aromatic N) is 2. The van der Waals surface area contributed by atoms with Crippen molar-refractivity contribution in [2.75, 3.05) is 26.7 Å². The molecule has 26 heavy (non-hydrogen) atoms. The van der Waals surface area contributed by atoms with Crippen LogP contribution in [0.3, 0.4) is 0 Å². The van der Waals surface area contributed by atoms with Crippen LogP contribution in [0.25, 0.3) is 0 Å². The van der Waals surface area contributed by atoms with Crippen molar-refractivity contribution in [2.45, 2.75) is 44.4 Å². The molecule has 140 valence electrons. The number of benzene rings is 2. The summed E-state index contributed by atoms with van der Waals surface area (Å²) in [5.41, 5.74) is 2.71. The van der Waals surface area contributed by atoms with Gasteiger partial charge in [0.1, 0.15) is 0 Å². The lowest BCUT2D eigenvalue weighted by molar-refractivity contribution is 0.0738. The van der Waals surface area contributed by atoms with E-state index in [4.69, 9.17) is 0 Å². The van der Waals surface area contributed by atoms with Gasteiger partial charge < -0.3 is 5.11 Å².